The summed E-state index contributed by atoms with van der Waals surface area (Å²) in [6.45, 7) is 0.602. The Hall–Kier alpha value is -2.05. The van der Waals surface area contributed by atoms with Crippen LogP contribution in [-0.2, 0) is 17.8 Å². The van der Waals surface area contributed by atoms with E-state index in [-0.39, 0.29) is 0 Å². The topological polar surface area (TPSA) is 68.0 Å². The van der Waals surface area contributed by atoms with Crippen molar-refractivity contribution in [3.8, 4) is 0 Å². The normalized spacial score (nSPS) is 12.4. The number of fused-ring (bicyclic) bond motifs is 1. The maximum absolute atomic E-state index is 11.0. The van der Waals surface area contributed by atoms with Gasteiger partial charge in [0.25, 0.3) is 0 Å². The van der Waals surface area contributed by atoms with Gasteiger partial charge in [0, 0.05) is 17.6 Å². The molecule has 5 nitrogen and oxygen atoms in total. The van der Waals surface area contributed by atoms with Crippen LogP contribution < -0.4 is 0 Å². The number of benzene rings is 1. The van der Waals surface area contributed by atoms with Crippen molar-refractivity contribution in [1.82, 2.24) is 14.5 Å². The predicted molar refractivity (Wildman–Crippen MR) is 96.8 cm³/mol. The van der Waals surface area contributed by atoms with E-state index >= 15 is 0 Å². The Morgan fingerprint density at radius 2 is 2.04 bits per heavy atom. The van der Waals surface area contributed by atoms with Crippen molar-refractivity contribution < 1.29 is 9.90 Å². The molecule has 0 saturated carbocycles. The largest absolute Gasteiger partial charge is 0.480 e. The molecule has 0 aliphatic rings. The minimum atomic E-state index is -0.920. The van der Waals surface area contributed by atoms with Crippen LogP contribution in [0, 0.1) is 0 Å². The third-order valence-corrected chi connectivity index (χ3v) is 4.49. The summed E-state index contributed by atoms with van der Waals surface area (Å²) in [7, 11) is 0. The Labute approximate surface area is 149 Å². The minimum Gasteiger partial charge on any atom is -0.480 e. The van der Waals surface area contributed by atoms with E-state index in [1.165, 1.54) is 0 Å². The summed E-state index contributed by atoms with van der Waals surface area (Å²) >= 11 is 10.0. The van der Waals surface area contributed by atoms with Gasteiger partial charge >= 0.3 is 5.97 Å². The van der Waals surface area contributed by atoms with Crippen molar-refractivity contribution in [2.45, 2.75) is 24.6 Å². The van der Waals surface area contributed by atoms with Crippen LogP contribution >= 0.6 is 24.2 Å². The van der Waals surface area contributed by atoms with Crippen molar-refractivity contribution in [3.05, 3.63) is 59.0 Å². The Balaban J connectivity index is 1.92. The van der Waals surface area contributed by atoms with Gasteiger partial charge in [0.1, 0.15) is 11.3 Å². The zero-order chi connectivity index (χ0) is 17.1. The maximum atomic E-state index is 11.0. The van der Waals surface area contributed by atoms with Crippen LogP contribution in [-0.4, -0.2) is 30.9 Å². The number of aliphatic carboxylic acids is 1. The quantitative estimate of drug-likeness (QED) is 0.660. The zero-order valence-electron chi connectivity index (χ0n) is 12.8. The molecule has 3 aromatic rings. The highest BCUT2D eigenvalue weighted by Crippen LogP contribution is 2.19. The number of pyridine rings is 1. The van der Waals surface area contributed by atoms with E-state index in [0.29, 0.717) is 24.4 Å². The Kier molecular flexibility index (Phi) is 5.06. The molecule has 1 N–H and O–H groups in total. The third-order valence-electron chi connectivity index (χ3n) is 3.76. The molecule has 2 heterocycles. The van der Waals surface area contributed by atoms with E-state index < -0.39 is 11.2 Å². The van der Waals surface area contributed by atoms with Gasteiger partial charge in [-0.2, -0.15) is 12.6 Å². The second-order valence-electron chi connectivity index (χ2n) is 5.48. The van der Waals surface area contributed by atoms with Gasteiger partial charge in [-0.05, 0) is 36.2 Å². The highest BCUT2D eigenvalue weighted by atomic mass is 35.5. The summed E-state index contributed by atoms with van der Waals surface area (Å²) < 4.78 is 2.01. The predicted octanol–water partition coefficient (Wildman–Crippen LogP) is 3.45. The number of rotatable bonds is 6. The van der Waals surface area contributed by atoms with Gasteiger partial charge in [0.05, 0.1) is 11.8 Å². The number of thiol groups is 1. The van der Waals surface area contributed by atoms with E-state index in [9.17, 15) is 4.79 Å². The van der Waals surface area contributed by atoms with Crippen molar-refractivity contribution >= 4 is 41.4 Å². The first-order valence-electron chi connectivity index (χ1n) is 7.50. The van der Waals surface area contributed by atoms with Crippen molar-refractivity contribution in [1.29, 1.82) is 0 Å². The minimum absolute atomic E-state index is 0.405. The molecular formula is C17H16ClN3O2S. The SMILES string of the molecule is O=C(O)C(S)CCc1nc2cccnc2n1Cc1ccc(Cl)cc1. The Morgan fingerprint density at radius 1 is 1.29 bits per heavy atom. The number of halogens is 1. The number of hydrogen-bond donors (Lipinski definition) is 2. The molecule has 0 aliphatic carbocycles. The second-order valence-corrected chi connectivity index (χ2v) is 6.54. The molecule has 1 unspecified atom stereocenters. The lowest BCUT2D eigenvalue weighted by atomic mass is 10.2. The van der Waals surface area contributed by atoms with Crippen molar-refractivity contribution in [3.63, 3.8) is 0 Å². The lowest BCUT2D eigenvalue weighted by Gasteiger charge is -2.10. The molecule has 7 heteroatoms. The van der Waals surface area contributed by atoms with Crippen molar-refractivity contribution in [2.75, 3.05) is 0 Å². The first-order chi connectivity index (χ1) is 11.5. The molecule has 0 bridgehead atoms. The van der Waals surface area contributed by atoms with E-state index in [4.69, 9.17) is 16.7 Å². The first kappa shape index (κ1) is 16.8. The number of aromatic nitrogens is 3. The molecule has 124 valence electrons. The third kappa shape index (κ3) is 3.71. The first-order valence-corrected chi connectivity index (χ1v) is 8.39. The summed E-state index contributed by atoms with van der Waals surface area (Å²) in [5, 5.41) is 8.98. The lowest BCUT2D eigenvalue weighted by Crippen LogP contribution is -2.15. The molecule has 0 spiro atoms. The second kappa shape index (κ2) is 7.23. The number of aryl methyl sites for hydroxylation is 1. The van der Waals surface area contributed by atoms with E-state index in [0.717, 1.165) is 22.6 Å². The Bertz CT molecular complexity index is 864. The van der Waals surface area contributed by atoms with Crippen LogP contribution in [0.1, 0.15) is 17.8 Å². The molecule has 0 radical (unpaired) electrons. The number of nitrogens with zero attached hydrogens (tertiary/aromatic N) is 3. The molecule has 0 amide bonds. The summed E-state index contributed by atoms with van der Waals surface area (Å²) in [5.74, 6) is -0.115. The summed E-state index contributed by atoms with van der Waals surface area (Å²) in [5.41, 5.74) is 2.66. The monoisotopic (exact) mass is 361 g/mol. The highest BCUT2D eigenvalue weighted by Gasteiger charge is 2.16. The van der Waals surface area contributed by atoms with Gasteiger partial charge in [-0.15, -0.1) is 0 Å². The molecule has 3 rings (SSSR count). The molecule has 0 saturated heterocycles. The zero-order valence-corrected chi connectivity index (χ0v) is 14.4. The molecule has 1 aromatic carbocycles. The number of hydrogen-bond acceptors (Lipinski definition) is 4. The maximum Gasteiger partial charge on any atom is 0.316 e. The smallest absolute Gasteiger partial charge is 0.316 e. The van der Waals surface area contributed by atoms with Gasteiger partial charge in [-0.25, -0.2) is 9.97 Å². The molecular weight excluding hydrogens is 346 g/mol. The van der Waals surface area contributed by atoms with Crippen LogP contribution in [0.4, 0.5) is 0 Å². The summed E-state index contributed by atoms with van der Waals surface area (Å²) in [6.07, 6.45) is 2.65. The van der Waals surface area contributed by atoms with Crippen molar-refractivity contribution in [2.24, 2.45) is 0 Å². The van der Waals surface area contributed by atoms with Gasteiger partial charge in [-0.1, -0.05) is 23.7 Å². The van der Waals surface area contributed by atoms with Crippen LogP contribution in [0.25, 0.3) is 11.2 Å². The average molecular weight is 362 g/mol. The van der Waals surface area contributed by atoms with Crippen LogP contribution in [0.15, 0.2) is 42.6 Å². The average Bonchev–Trinajstić information content (AvgIpc) is 2.92. The van der Waals surface area contributed by atoms with E-state index in [1.807, 2.05) is 41.0 Å². The van der Waals surface area contributed by atoms with Crippen LogP contribution in [0.3, 0.4) is 0 Å². The molecule has 2 aromatic heterocycles. The number of imidazole rings is 1. The standard InChI is InChI=1S/C17H16ClN3O2S/c18-12-5-3-11(4-6-12)10-21-15(8-7-14(24)17(22)23)20-13-2-1-9-19-16(13)21/h1-6,9,14,24H,7-8,10H2,(H,22,23). The lowest BCUT2D eigenvalue weighted by molar-refractivity contribution is -0.136. The Morgan fingerprint density at radius 3 is 2.75 bits per heavy atom. The van der Waals surface area contributed by atoms with Crippen LogP contribution in [0.5, 0.6) is 0 Å². The molecule has 24 heavy (non-hydrogen) atoms. The van der Waals surface area contributed by atoms with Crippen LogP contribution in [0.2, 0.25) is 5.02 Å². The molecule has 1 atom stereocenters. The van der Waals surface area contributed by atoms with Gasteiger partial charge in [0.15, 0.2) is 5.65 Å². The fourth-order valence-electron chi connectivity index (χ4n) is 2.52. The molecule has 0 aliphatic heterocycles. The molecule has 0 fully saturated rings. The summed E-state index contributed by atoms with van der Waals surface area (Å²) in [4.78, 5) is 20.0. The van der Waals surface area contributed by atoms with Gasteiger partial charge < -0.3 is 9.67 Å². The fourth-order valence-corrected chi connectivity index (χ4v) is 2.78. The highest BCUT2D eigenvalue weighted by molar-refractivity contribution is 7.81. The van der Waals surface area contributed by atoms with E-state index in [2.05, 4.69) is 22.6 Å². The summed E-state index contributed by atoms with van der Waals surface area (Å²) in [6, 6.07) is 11.3. The number of carboxylic acids is 1. The van der Waals surface area contributed by atoms with Gasteiger partial charge in [-0.3, -0.25) is 4.79 Å². The number of carboxylic acid groups (broad SMARTS) is 1. The van der Waals surface area contributed by atoms with Gasteiger partial charge in [0.2, 0.25) is 0 Å². The number of carbonyl (C=O) groups is 1. The van der Waals surface area contributed by atoms with E-state index in [1.54, 1.807) is 6.20 Å². The fraction of sp³-hybridized carbons (Fsp3) is 0.235.